The molecule has 0 fully saturated rings. The number of nitrogens with one attached hydrogen (secondary N) is 1. The second-order valence-corrected chi connectivity index (χ2v) is 4.40. The number of hydrogen-bond donors (Lipinski definition) is 2. The van der Waals surface area contributed by atoms with Gasteiger partial charge in [-0.15, -0.1) is 0 Å². The minimum atomic E-state index is -4.32. The number of halogens is 4. The number of phenols is 1. The maximum atomic E-state index is 11.8. The van der Waals surface area contributed by atoms with Crippen molar-refractivity contribution < 1.29 is 27.8 Å². The Balaban J connectivity index is 2.37. The van der Waals surface area contributed by atoms with Crippen LogP contribution in [0.4, 0.5) is 13.2 Å². The van der Waals surface area contributed by atoms with Crippen LogP contribution in [0.1, 0.15) is 5.56 Å². The lowest BCUT2D eigenvalue weighted by Gasteiger charge is -2.11. The molecule has 8 heteroatoms. The van der Waals surface area contributed by atoms with Crippen LogP contribution in [0.25, 0.3) is 0 Å². The molecule has 0 saturated carbocycles. The molecule has 0 atom stereocenters. The molecule has 0 aliphatic rings. The van der Waals surface area contributed by atoms with Crippen molar-refractivity contribution in [1.29, 1.82) is 0 Å². The largest absolute Gasteiger partial charge is 0.504 e. The Morgan fingerprint density at radius 1 is 1.35 bits per heavy atom. The standard InChI is InChI=1S/C12H15ClF3NO3/c1-19-10-5-9(13)4-8(11(10)18)6-17-2-3-20-7-12(14,15)16/h4-5,17-18H,2-3,6-7H2,1H3. The van der Waals surface area contributed by atoms with Crippen molar-refractivity contribution in [2.75, 3.05) is 26.9 Å². The fraction of sp³-hybridized carbons (Fsp3) is 0.500. The lowest BCUT2D eigenvalue weighted by molar-refractivity contribution is -0.173. The van der Waals surface area contributed by atoms with E-state index >= 15 is 0 Å². The molecule has 20 heavy (non-hydrogen) atoms. The smallest absolute Gasteiger partial charge is 0.411 e. The van der Waals surface area contributed by atoms with Crippen LogP contribution in [0, 0.1) is 0 Å². The topological polar surface area (TPSA) is 50.7 Å². The number of benzene rings is 1. The number of methoxy groups -OCH3 is 1. The molecule has 1 rings (SSSR count). The molecule has 1 aromatic rings. The summed E-state index contributed by atoms with van der Waals surface area (Å²) in [6.45, 7) is -0.911. The van der Waals surface area contributed by atoms with Crippen LogP contribution in [0.5, 0.6) is 11.5 Å². The highest BCUT2D eigenvalue weighted by Crippen LogP contribution is 2.33. The van der Waals surface area contributed by atoms with Crippen LogP contribution >= 0.6 is 11.6 Å². The molecule has 1 aromatic carbocycles. The molecular formula is C12H15ClF3NO3. The molecule has 0 bridgehead atoms. The Kier molecular flexibility index (Phi) is 6.38. The van der Waals surface area contributed by atoms with E-state index in [1.54, 1.807) is 6.07 Å². The van der Waals surface area contributed by atoms with E-state index in [1.807, 2.05) is 0 Å². The van der Waals surface area contributed by atoms with Gasteiger partial charge in [-0.3, -0.25) is 0 Å². The van der Waals surface area contributed by atoms with Crippen LogP contribution in [-0.2, 0) is 11.3 Å². The van der Waals surface area contributed by atoms with E-state index in [9.17, 15) is 18.3 Å². The van der Waals surface area contributed by atoms with E-state index in [1.165, 1.54) is 13.2 Å². The summed E-state index contributed by atoms with van der Waals surface area (Å²) in [6.07, 6.45) is -4.32. The minimum Gasteiger partial charge on any atom is -0.504 e. The zero-order valence-electron chi connectivity index (χ0n) is 10.8. The van der Waals surface area contributed by atoms with E-state index in [-0.39, 0.29) is 31.2 Å². The van der Waals surface area contributed by atoms with Crippen molar-refractivity contribution in [1.82, 2.24) is 5.32 Å². The van der Waals surface area contributed by atoms with Gasteiger partial charge >= 0.3 is 6.18 Å². The third kappa shape index (κ3) is 5.85. The van der Waals surface area contributed by atoms with Gasteiger partial charge in [-0.1, -0.05) is 11.6 Å². The van der Waals surface area contributed by atoms with Crippen molar-refractivity contribution in [2.45, 2.75) is 12.7 Å². The molecule has 4 nitrogen and oxygen atoms in total. The van der Waals surface area contributed by atoms with E-state index in [4.69, 9.17) is 16.3 Å². The van der Waals surface area contributed by atoms with E-state index < -0.39 is 12.8 Å². The quantitative estimate of drug-likeness (QED) is 0.760. The van der Waals surface area contributed by atoms with Crippen molar-refractivity contribution in [3.8, 4) is 11.5 Å². The van der Waals surface area contributed by atoms with Crippen LogP contribution in [-0.4, -0.2) is 38.2 Å². The highest BCUT2D eigenvalue weighted by molar-refractivity contribution is 6.30. The van der Waals surface area contributed by atoms with Crippen molar-refractivity contribution in [3.05, 3.63) is 22.7 Å². The first-order valence-corrected chi connectivity index (χ1v) is 6.12. The van der Waals surface area contributed by atoms with Crippen molar-refractivity contribution in [2.24, 2.45) is 0 Å². The molecule has 0 saturated heterocycles. The van der Waals surface area contributed by atoms with Crippen LogP contribution in [0.15, 0.2) is 12.1 Å². The predicted molar refractivity (Wildman–Crippen MR) is 68.2 cm³/mol. The summed E-state index contributed by atoms with van der Waals surface area (Å²) in [5.74, 6) is 0.184. The summed E-state index contributed by atoms with van der Waals surface area (Å²) in [4.78, 5) is 0. The highest BCUT2D eigenvalue weighted by Gasteiger charge is 2.27. The monoisotopic (exact) mass is 313 g/mol. The predicted octanol–water partition coefficient (Wildman–Crippen LogP) is 2.72. The average Bonchev–Trinajstić information content (AvgIpc) is 2.35. The zero-order chi connectivity index (χ0) is 15.2. The van der Waals surface area contributed by atoms with Gasteiger partial charge in [-0.25, -0.2) is 0 Å². The zero-order valence-corrected chi connectivity index (χ0v) is 11.5. The lowest BCUT2D eigenvalue weighted by atomic mass is 10.2. The van der Waals surface area contributed by atoms with Gasteiger partial charge in [0.15, 0.2) is 11.5 Å². The SMILES string of the molecule is COc1cc(Cl)cc(CNCCOCC(F)(F)F)c1O. The van der Waals surface area contributed by atoms with Crippen LogP contribution in [0.2, 0.25) is 5.02 Å². The second kappa shape index (κ2) is 7.56. The number of rotatable bonds is 7. The maximum Gasteiger partial charge on any atom is 0.411 e. The van der Waals surface area contributed by atoms with Gasteiger partial charge < -0.3 is 19.9 Å². The van der Waals surface area contributed by atoms with Gasteiger partial charge in [0, 0.05) is 29.7 Å². The first-order chi connectivity index (χ1) is 9.33. The first-order valence-electron chi connectivity index (χ1n) is 5.74. The Labute approximate surface area is 119 Å². The van der Waals surface area contributed by atoms with E-state index in [2.05, 4.69) is 10.1 Å². The lowest BCUT2D eigenvalue weighted by Crippen LogP contribution is -2.23. The molecule has 0 amide bonds. The third-order valence-corrected chi connectivity index (χ3v) is 2.56. The number of ether oxygens (including phenoxy) is 2. The van der Waals surface area contributed by atoms with Gasteiger partial charge in [-0.2, -0.15) is 13.2 Å². The highest BCUT2D eigenvalue weighted by atomic mass is 35.5. The molecule has 0 aliphatic heterocycles. The van der Waals surface area contributed by atoms with Crippen molar-refractivity contribution in [3.63, 3.8) is 0 Å². The molecule has 0 heterocycles. The van der Waals surface area contributed by atoms with Gasteiger partial charge in [0.05, 0.1) is 13.7 Å². The molecule has 0 unspecified atom stereocenters. The fourth-order valence-corrected chi connectivity index (χ4v) is 1.70. The number of alkyl halides is 3. The van der Waals surface area contributed by atoms with E-state index in [0.29, 0.717) is 10.6 Å². The Hall–Kier alpha value is -1.18. The number of phenolic OH excluding ortho intramolecular Hbond substituents is 1. The summed E-state index contributed by atoms with van der Waals surface area (Å²) in [5.41, 5.74) is 0.491. The first kappa shape index (κ1) is 16.9. The number of aromatic hydroxyl groups is 1. The minimum absolute atomic E-state index is 0.0550. The molecule has 0 aliphatic carbocycles. The molecule has 0 aromatic heterocycles. The summed E-state index contributed by atoms with van der Waals surface area (Å²) in [7, 11) is 1.40. The normalized spacial score (nSPS) is 11.7. The second-order valence-electron chi connectivity index (χ2n) is 3.96. The van der Waals surface area contributed by atoms with Gasteiger partial charge in [0.1, 0.15) is 6.61 Å². The maximum absolute atomic E-state index is 11.8. The fourth-order valence-electron chi connectivity index (χ4n) is 1.47. The molecule has 0 radical (unpaired) electrons. The summed E-state index contributed by atoms with van der Waals surface area (Å²) in [6, 6.07) is 3.01. The molecule has 114 valence electrons. The molecule has 0 spiro atoms. The Bertz CT molecular complexity index is 441. The Morgan fingerprint density at radius 3 is 2.65 bits per heavy atom. The third-order valence-electron chi connectivity index (χ3n) is 2.34. The van der Waals surface area contributed by atoms with Gasteiger partial charge in [0.2, 0.25) is 0 Å². The summed E-state index contributed by atoms with van der Waals surface area (Å²) in [5, 5.41) is 13.1. The van der Waals surface area contributed by atoms with E-state index in [0.717, 1.165) is 0 Å². The Morgan fingerprint density at radius 2 is 2.05 bits per heavy atom. The summed E-state index contributed by atoms with van der Waals surface area (Å²) >= 11 is 5.84. The number of hydrogen-bond acceptors (Lipinski definition) is 4. The van der Waals surface area contributed by atoms with Crippen LogP contribution < -0.4 is 10.1 Å². The van der Waals surface area contributed by atoms with Gasteiger partial charge in [0.25, 0.3) is 0 Å². The summed E-state index contributed by atoms with van der Waals surface area (Å²) < 4.78 is 44.8. The van der Waals surface area contributed by atoms with Gasteiger partial charge in [-0.05, 0) is 6.07 Å². The average molecular weight is 314 g/mol. The van der Waals surface area contributed by atoms with Crippen molar-refractivity contribution >= 4 is 11.6 Å². The van der Waals surface area contributed by atoms with Crippen LogP contribution in [0.3, 0.4) is 0 Å². The molecule has 2 N–H and O–H groups in total. The molecular weight excluding hydrogens is 299 g/mol.